The van der Waals surface area contributed by atoms with Crippen molar-refractivity contribution < 1.29 is 4.79 Å². The van der Waals surface area contributed by atoms with E-state index in [0.717, 1.165) is 56.5 Å². The number of hydrogen-bond donors (Lipinski definition) is 0. The molecule has 1 saturated carbocycles. The lowest BCUT2D eigenvalue weighted by molar-refractivity contribution is -0.135. The predicted molar refractivity (Wildman–Crippen MR) is 94.6 cm³/mol. The third-order valence-corrected chi connectivity index (χ3v) is 5.33. The Morgan fingerprint density at radius 2 is 1.76 bits per heavy atom. The maximum absolute atomic E-state index is 12.6. The number of aromatic nitrogens is 4. The first-order valence-corrected chi connectivity index (χ1v) is 9.08. The molecule has 2 aromatic rings. The first kappa shape index (κ1) is 16.1. The standard InChI is InChI=1S/C18H24N6O/c1-14-19-6-7-24(14)17-12-16(20-13-21-17)22-8-10-23(11-9-22)18(25)15-4-2-3-5-15/h6-7,12-13,15H,2-5,8-11H2,1H3. The fourth-order valence-corrected chi connectivity index (χ4v) is 3.85. The van der Waals surface area contributed by atoms with Gasteiger partial charge in [0.15, 0.2) is 0 Å². The third kappa shape index (κ3) is 3.23. The van der Waals surface area contributed by atoms with E-state index in [1.165, 1.54) is 12.8 Å². The smallest absolute Gasteiger partial charge is 0.225 e. The molecule has 0 radical (unpaired) electrons. The highest BCUT2D eigenvalue weighted by molar-refractivity contribution is 5.79. The van der Waals surface area contributed by atoms with Crippen molar-refractivity contribution in [2.75, 3.05) is 31.1 Å². The zero-order chi connectivity index (χ0) is 17.2. The summed E-state index contributed by atoms with van der Waals surface area (Å²) in [6, 6.07) is 1.99. The van der Waals surface area contributed by atoms with Crippen molar-refractivity contribution in [3.63, 3.8) is 0 Å². The second-order valence-corrected chi connectivity index (χ2v) is 6.87. The number of amides is 1. The molecule has 0 spiro atoms. The zero-order valence-electron chi connectivity index (χ0n) is 14.6. The highest BCUT2D eigenvalue weighted by atomic mass is 16.2. The molecule has 7 heteroatoms. The summed E-state index contributed by atoms with van der Waals surface area (Å²) in [6.45, 7) is 5.14. The molecule has 4 rings (SSSR count). The van der Waals surface area contributed by atoms with Gasteiger partial charge in [0.1, 0.15) is 23.8 Å². The van der Waals surface area contributed by atoms with Crippen LogP contribution >= 0.6 is 0 Å². The molecule has 2 aliphatic rings. The van der Waals surface area contributed by atoms with Crippen LogP contribution in [-0.2, 0) is 4.79 Å². The largest absolute Gasteiger partial charge is 0.353 e. The van der Waals surface area contributed by atoms with Gasteiger partial charge in [-0.3, -0.25) is 9.36 Å². The van der Waals surface area contributed by atoms with Crippen LogP contribution in [0.1, 0.15) is 31.5 Å². The maximum Gasteiger partial charge on any atom is 0.225 e. The summed E-state index contributed by atoms with van der Waals surface area (Å²) < 4.78 is 1.95. The Bertz CT molecular complexity index is 744. The van der Waals surface area contributed by atoms with Crippen LogP contribution in [0.3, 0.4) is 0 Å². The number of hydrogen-bond acceptors (Lipinski definition) is 5. The second-order valence-electron chi connectivity index (χ2n) is 6.87. The van der Waals surface area contributed by atoms with Crippen molar-refractivity contribution in [1.82, 2.24) is 24.4 Å². The van der Waals surface area contributed by atoms with E-state index in [2.05, 4.69) is 19.9 Å². The van der Waals surface area contributed by atoms with Gasteiger partial charge < -0.3 is 9.80 Å². The van der Waals surface area contributed by atoms with Crippen molar-refractivity contribution in [1.29, 1.82) is 0 Å². The van der Waals surface area contributed by atoms with Crippen molar-refractivity contribution in [3.8, 4) is 5.82 Å². The molecule has 1 aliphatic heterocycles. The Morgan fingerprint density at radius 1 is 1.04 bits per heavy atom. The lowest BCUT2D eigenvalue weighted by Crippen LogP contribution is -2.50. The van der Waals surface area contributed by atoms with Gasteiger partial charge in [-0.25, -0.2) is 15.0 Å². The first-order chi connectivity index (χ1) is 12.2. The minimum atomic E-state index is 0.265. The number of imidazole rings is 1. The number of carbonyl (C=O) groups is 1. The van der Waals surface area contributed by atoms with Gasteiger partial charge in [0.05, 0.1) is 0 Å². The van der Waals surface area contributed by atoms with Crippen LogP contribution in [0.25, 0.3) is 5.82 Å². The number of anilines is 1. The summed E-state index contributed by atoms with van der Waals surface area (Å²) >= 11 is 0. The van der Waals surface area contributed by atoms with E-state index in [1.54, 1.807) is 12.5 Å². The number of rotatable bonds is 3. The quantitative estimate of drug-likeness (QED) is 0.852. The topological polar surface area (TPSA) is 67.2 Å². The van der Waals surface area contributed by atoms with Crippen LogP contribution in [0.2, 0.25) is 0 Å². The van der Waals surface area contributed by atoms with E-state index < -0.39 is 0 Å². The van der Waals surface area contributed by atoms with Crippen molar-refractivity contribution in [2.24, 2.45) is 5.92 Å². The van der Waals surface area contributed by atoms with E-state index in [0.29, 0.717) is 5.91 Å². The Kier molecular flexibility index (Phi) is 4.38. The van der Waals surface area contributed by atoms with Gasteiger partial charge in [-0.15, -0.1) is 0 Å². The van der Waals surface area contributed by atoms with Crippen LogP contribution in [-0.4, -0.2) is 56.5 Å². The summed E-state index contributed by atoms with van der Waals surface area (Å²) in [7, 11) is 0. The SMILES string of the molecule is Cc1nccn1-c1cc(N2CCN(C(=O)C3CCCC3)CC2)ncn1. The van der Waals surface area contributed by atoms with Crippen molar-refractivity contribution >= 4 is 11.7 Å². The average molecular weight is 340 g/mol. The van der Waals surface area contributed by atoms with E-state index in [4.69, 9.17) is 0 Å². The molecule has 0 atom stereocenters. The predicted octanol–water partition coefficient (Wildman–Crippen LogP) is 1.81. The number of carbonyl (C=O) groups excluding carboxylic acids is 1. The molecular formula is C18H24N6O. The normalized spacial score (nSPS) is 18.8. The van der Waals surface area contributed by atoms with Gasteiger partial charge in [-0.1, -0.05) is 12.8 Å². The monoisotopic (exact) mass is 340 g/mol. The Balaban J connectivity index is 1.42. The average Bonchev–Trinajstić information content (AvgIpc) is 3.33. The van der Waals surface area contributed by atoms with Crippen LogP contribution in [0.15, 0.2) is 24.8 Å². The van der Waals surface area contributed by atoms with Crippen LogP contribution in [0.4, 0.5) is 5.82 Å². The molecule has 2 fully saturated rings. The molecule has 0 N–H and O–H groups in total. The van der Waals surface area contributed by atoms with Crippen LogP contribution in [0, 0.1) is 12.8 Å². The van der Waals surface area contributed by atoms with Gasteiger partial charge in [0, 0.05) is 50.6 Å². The maximum atomic E-state index is 12.6. The molecular weight excluding hydrogens is 316 g/mol. The van der Waals surface area contributed by atoms with E-state index >= 15 is 0 Å². The minimum Gasteiger partial charge on any atom is -0.353 e. The summed E-state index contributed by atoms with van der Waals surface area (Å²) in [5.74, 6) is 3.25. The van der Waals surface area contributed by atoms with Gasteiger partial charge in [-0.05, 0) is 19.8 Å². The number of aryl methyl sites for hydroxylation is 1. The zero-order valence-corrected chi connectivity index (χ0v) is 14.6. The van der Waals surface area contributed by atoms with Crippen molar-refractivity contribution in [2.45, 2.75) is 32.6 Å². The summed E-state index contributed by atoms with van der Waals surface area (Å²) in [5, 5.41) is 0. The lowest BCUT2D eigenvalue weighted by atomic mass is 10.1. The molecule has 25 heavy (non-hydrogen) atoms. The molecule has 1 aliphatic carbocycles. The minimum absolute atomic E-state index is 0.265. The van der Waals surface area contributed by atoms with Gasteiger partial charge in [0.25, 0.3) is 0 Å². The molecule has 2 aromatic heterocycles. The van der Waals surface area contributed by atoms with Gasteiger partial charge in [-0.2, -0.15) is 0 Å². The van der Waals surface area contributed by atoms with E-state index in [9.17, 15) is 4.79 Å². The summed E-state index contributed by atoms with van der Waals surface area (Å²) in [4.78, 5) is 29.9. The van der Waals surface area contributed by atoms with E-state index in [1.807, 2.05) is 28.7 Å². The molecule has 0 bridgehead atoms. The van der Waals surface area contributed by atoms with Crippen LogP contribution in [0.5, 0.6) is 0 Å². The molecule has 0 unspecified atom stereocenters. The summed E-state index contributed by atoms with van der Waals surface area (Å²) in [5.41, 5.74) is 0. The second kappa shape index (κ2) is 6.82. The van der Waals surface area contributed by atoms with Crippen molar-refractivity contribution in [3.05, 3.63) is 30.6 Å². The fraction of sp³-hybridized carbons (Fsp3) is 0.556. The fourth-order valence-electron chi connectivity index (χ4n) is 3.85. The van der Waals surface area contributed by atoms with Crippen LogP contribution < -0.4 is 4.90 Å². The number of nitrogens with zero attached hydrogens (tertiary/aromatic N) is 6. The molecule has 1 saturated heterocycles. The first-order valence-electron chi connectivity index (χ1n) is 9.08. The van der Waals surface area contributed by atoms with Gasteiger partial charge >= 0.3 is 0 Å². The lowest BCUT2D eigenvalue weighted by Gasteiger charge is -2.36. The molecule has 0 aromatic carbocycles. The number of piperazine rings is 1. The molecule has 7 nitrogen and oxygen atoms in total. The Hall–Kier alpha value is -2.44. The highest BCUT2D eigenvalue weighted by Crippen LogP contribution is 2.27. The van der Waals surface area contributed by atoms with E-state index in [-0.39, 0.29) is 5.92 Å². The summed E-state index contributed by atoms with van der Waals surface area (Å²) in [6.07, 6.45) is 9.81. The Labute approximate surface area is 147 Å². The Morgan fingerprint density at radius 3 is 2.44 bits per heavy atom. The molecule has 1 amide bonds. The molecule has 132 valence electrons. The highest BCUT2D eigenvalue weighted by Gasteiger charge is 2.29. The molecule has 3 heterocycles. The van der Waals surface area contributed by atoms with Gasteiger partial charge in [0.2, 0.25) is 5.91 Å². The third-order valence-electron chi connectivity index (χ3n) is 5.33.